The number of allylic oxidation sites excluding steroid dienone is 1. The number of ether oxygens (including phenoxy) is 1. The maximum absolute atomic E-state index is 12.8. The molecule has 0 unspecified atom stereocenters. The summed E-state index contributed by atoms with van der Waals surface area (Å²) >= 11 is 0. The molecule has 0 aromatic heterocycles. The fourth-order valence-corrected chi connectivity index (χ4v) is 6.73. The Morgan fingerprint density at radius 3 is 2.69 bits per heavy atom. The molecule has 0 amide bonds. The third kappa shape index (κ3) is 3.93. The molecule has 174 valence electrons. The Morgan fingerprint density at radius 1 is 1.19 bits per heavy atom. The number of rotatable bonds is 5. The molecule has 4 aliphatic rings. The fraction of sp³-hybridized carbons (Fsp3) is 0.667. The normalized spacial score (nSPS) is 38.0. The van der Waals surface area contributed by atoms with Crippen LogP contribution in [-0.2, 0) is 16.1 Å². The van der Waals surface area contributed by atoms with Gasteiger partial charge in [0.05, 0.1) is 12.0 Å². The van der Waals surface area contributed by atoms with Gasteiger partial charge in [0.15, 0.2) is 0 Å². The lowest BCUT2D eigenvalue weighted by Gasteiger charge is -2.51. The predicted octanol–water partition coefficient (Wildman–Crippen LogP) is 3.53. The van der Waals surface area contributed by atoms with Crippen molar-refractivity contribution >= 4 is 5.97 Å². The maximum Gasteiger partial charge on any atom is 0.311 e. The Labute approximate surface area is 192 Å². The average Bonchev–Trinajstić information content (AvgIpc) is 3.11. The monoisotopic (exact) mass is 438 g/mol. The van der Waals surface area contributed by atoms with Gasteiger partial charge in [-0.1, -0.05) is 55.8 Å². The zero-order valence-electron chi connectivity index (χ0n) is 19.5. The van der Waals surface area contributed by atoms with Crippen molar-refractivity contribution < 1.29 is 14.6 Å². The number of esters is 1. The molecule has 1 aromatic carbocycles. The highest BCUT2D eigenvalue weighted by Crippen LogP contribution is 2.55. The highest BCUT2D eigenvalue weighted by molar-refractivity contribution is 5.76. The van der Waals surface area contributed by atoms with Gasteiger partial charge in [-0.15, -0.1) is 0 Å². The molecule has 3 fully saturated rings. The second kappa shape index (κ2) is 8.92. The molecule has 6 atom stereocenters. The third-order valence-electron chi connectivity index (χ3n) is 9.03. The number of benzene rings is 1. The molecule has 32 heavy (non-hydrogen) atoms. The van der Waals surface area contributed by atoms with Gasteiger partial charge in [-0.25, -0.2) is 0 Å². The Kier molecular flexibility index (Phi) is 6.17. The van der Waals surface area contributed by atoms with Gasteiger partial charge in [0.1, 0.15) is 6.10 Å². The molecular weight excluding hydrogens is 400 g/mol. The standard InChI is InChI=1S/C27H38N2O3/c1-18-7-6-10-20-15-23-24(25(30)27(18,20)2)22(26(31)32-23)16-28-21-11-13-29(14-12-21)17-19-8-4-3-5-9-19/h3-5,8-10,18,21-25,28,30H,6-7,11-17H2,1-2H3/t18-,22+,23+,24-,25-,27+/m0/s1. The number of nitrogens with zero attached hydrogens (tertiary/aromatic N) is 1. The minimum atomic E-state index is -0.520. The molecule has 2 saturated heterocycles. The second-order valence-electron chi connectivity index (χ2n) is 10.7. The quantitative estimate of drug-likeness (QED) is 0.544. The average molecular weight is 439 g/mol. The van der Waals surface area contributed by atoms with Crippen LogP contribution in [0.15, 0.2) is 42.0 Å². The van der Waals surface area contributed by atoms with Crippen molar-refractivity contribution in [1.29, 1.82) is 0 Å². The van der Waals surface area contributed by atoms with Gasteiger partial charge in [0, 0.05) is 36.9 Å². The van der Waals surface area contributed by atoms with E-state index < -0.39 is 6.10 Å². The van der Waals surface area contributed by atoms with Gasteiger partial charge in [-0.3, -0.25) is 9.69 Å². The lowest BCUT2D eigenvalue weighted by Crippen LogP contribution is -2.55. The highest BCUT2D eigenvalue weighted by Gasteiger charge is 2.59. The molecule has 2 heterocycles. The summed E-state index contributed by atoms with van der Waals surface area (Å²) in [6.45, 7) is 8.22. The lowest BCUT2D eigenvalue weighted by molar-refractivity contribution is -0.144. The van der Waals surface area contributed by atoms with Crippen molar-refractivity contribution in [2.45, 2.75) is 70.7 Å². The first kappa shape index (κ1) is 22.1. The minimum absolute atomic E-state index is 0.101. The van der Waals surface area contributed by atoms with E-state index >= 15 is 0 Å². The summed E-state index contributed by atoms with van der Waals surface area (Å²) in [4.78, 5) is 15.3. The van der Waals surface area contributed by atoms with E-state index in [9.17, 15) is 9.90 Å². The molecular formula is C27H38N2O3. The topological polar surface area (TPSA) is 61.8 Å². The molecule has 5 nitrogen and oxygen atoms in total. The first-order valence-corrected chi connectivity index (χ1v) is 12.5. The number of likely N-dealkylation sites (tertiary alicyclic amines) is 1. The zero-order chi connectivity index (χ0) is 22.3. The number of nitrogens with one attached hydrogen (secondary N) is 1. The number of carbonyl (C=O) groups excluding carboxylic acids is 1. The van der Waals surface area contributed by atoms with Crippen molar-refractivity contribution in [1.82, 2.24) is 10.2 Å². The Morgan fingerprint density at radius 2 is 1.94 bits per heavy atom. The van der Waals surface area contributed by atoms with E-state index in [2.05, 4.69) is 60.5 Å². The summed E-state index contributed by atoms with van der Waals surface area (Å²) in [7, 11) is 0. The summed E-state index contributed by atoms with van der Waals surface area (Å²) in [5.41, 5.74) is 2.44. The van der Waals surface area contributed by atoms with Crippen LogP contribution in [0, 0.1) is 23.2 Å². The van der Waals surface area contributed by atoms with E-state index in [-0.39, 0.29) is 29.3 Å². The van der Waals surface area contributed by atoms with Crippen LogP contribution in [0.25, 0.3) is 0 Å². The van der Waals surface area contributed by atoms with Crippen LogP contribution in [0.5, 0.6) is 0 Å². The summed E-state index contributed by atoms with van der Waals surface area (Å²) in [6, 6.07) is 11.1. The van der Waals surface area contributed by atoms with Crippen LogP contribution in [0.1, 0.15) is 51.5 Å². The third-order valence-corrected chi connectivity index (χ3v) is 9.03. The van der Waals surface area contributed by atoms with Crippen LogP contribution in [0.3, 0.4) is 0 Å². The minimum Gasteiger partial charge on any atom is -0.461 e. The van der Waals surface area contributed by atoms with Crippen LogP contribution in [0.2, 0.25) is 0 Å². The molecule has 2 aliphatic carbocycles. The molecule has 0 spiro atoms. The SMILES string of the molecule is C[C@H]1CCC=C2C[C@H]3OC(=O)[C@H](CNC4CCN(Cc5ccccc5)CC4)[C@@H]3[C@H](O)[C@@]21C. The van der Waals surface area contributed by atoms with E-state index in [4.69, 9.17) is 4.74 Å². The van der Waals surface area contributed by atoms with Gasteiger partial charge >= 0.3 is 5.97 Å². The number of aliphatic hydroxyl groups is 1. The number of piperidine rings is 1. The van der Waals surface area contributed by atoms with Crippen LogP contribution in [0.4, 0.5) is 0 Å². The number of aliphatic hydroxyl groups excluding tert-OH is 1. The number of hydrogen-bond donors (Lipinski definition) is 2. The summed E-state index contributed by atoms with van der Waals surface area (Å²) in [5, 5.41) is 15.2. The summed E-state index contributed by atoms with van der Waals surface area (Å²) < 4.78 is 5.81. The molecule has 5 rings (SSSR count). The Balaban J connectivity index is 1.18. The van der Waals surface area contributed by atoms with Crippen LogP contribution >= 0.6 is 0 Å². The molecule has 0 bridgehead atoms. The van der Waals surface area contributed by atoms with E-state index in [1.165, 1.54) is 11.1 Å². The molecule has 1 saturated carbocycles. The zero-order valence-corrected chi connectivity index (χ0v) is 19.5. The van der Waals surface area contributed by atoms with Crippen molar-refractivity contribution in [2.75, 3.05) is 19.6 Å². The van der Waals surface area contributed by atoms with Crippen molar-refractivity contribution in [3.8, 4) is 0 Å². The van der Waals surface area contributed by atoms with Gasteiger partial charge < -0.3 is 15.2 Å². The summed E-state index contributed by atoms with van der Waals surface area (Å²) in [6.07, 6.45) is 6.76. The van der Waals surface area contributed by atoms with E-state index in [0.29, 0.717) is 18.5 Å². The van der Waals surface area contributed by atoms with Crippen molar-refractivity contribution in [3.05, 3.63) is 47.5 Å². The first-order chi connectivity index (χ1) is 15.5. The molecule has 2 aliphatic heterocycles. The smallest absolute Gasteiger partial charge is 0.311 e. The first-order valence-electron chi connectivity index (χ1n) is 12.5. The molecule has 0 radical (unpaired) electrons. The van der Waals surface area contributed by atoms with Gasteiger partial charge in [-0.05, 0) is 50.3 Å². The van der Waals surface area contributed by atoms with Gasteiger partial charge in [-0.2, -0.15) is 0 Å². The molecule has 2 N–H and O–H groups in total. The number of fused-ring (bicyclic) bond motifs is 2. The largest absolute Gasteiger partial charge is 0.461 e. The van der Waals surface area contributed by atoms with E-state index in [1.54, 1.807) is 0 Å². The molecule has 5 heteroatoms. The highest BCUT2D eigenvalue weighted by atomic mass is 16.6. The Bertz CT molecular complexity index is 848. The number of hydrogen-bond acceptors (Lipinski definition) is 5. The number of carbonyl (C=O) groups is 1. The second-order valence-corrected chi connectivity index (χ2v) is 10.7. The maximum atomic E-state index is 12.8. The van der Waals surface area contributed by atoms with Crippen molar-refractivity contribution in [3.63, 3.8) is 0 Å². The van der Waals surface area contributed by atoms with Crippen LogP contribution < -0.4 is 5.32 Å². The lowest BCUT2D eigenvalue weighted by atomic mass is 9.55. The fourth-order valence-electron chi connectivity index (χ4n) is 6.73. The summed E-state index contributed by atoms with van der Waals surface area (Å²) in [5.74, 6) is -0.0408. The Hall–Kier alpha value is -1.69. The van der Waals surface area contributed by atoms with Gasteiger partial charge in [0.25, 0.3) is 0 Å². The van der Waals surface area contributed by atoms with E-state index in [0.717, 1.165) is 51.7 Å². The van der Waals surface area contributed by atoms with Gasteiger partial charge in [0.2, 0.25) is 0 Å². The van der Waals surface area contributed by atoms with Crippen molar-refractivity contribution in [2.24, 2.45) is 23.2 Å². The predicted molar refractivity (Wildman–Crippen MR) is 125 cm³/mol. The molecule has 1 aromatic rings. The van der Waals surface area contributed by atoms with Crippen LogP contribution in [-0.4, -0.2) is 53.9 Å². The van der Waals surface area contributed by atoms with E-state index in [1.807, 2.05) is 0 Å².